The van der Waals surface area contributed by atoms with Gasteiger partial charge in [-0.25, -0.2) is 0 Å². The Morgan fingerprint density at radius 2 is 2.00 bits per heavy atom. The molecule has 1 atom stereocenters. The van der Waals surface area contributed by atoms with Crippen molar-refractivity contribution in [2.45, 2.75) is 38.5 Å². The van der Waals surface area contributed by atoms with Crippen LogP contribution in [0.4, 0.5) is 0 Å². The normalized spacial score (nSPS) is 24.6. The van der Waals surface area contributed by atoms with Gasteiger partial charge in [0.25, 0.3) is 0 Å². The van der Waals surface area contributed by atoms with Crippen LogP contribution in [0.15, 0.2) is 36.5 Å². The van der Waals surface area contributed by atoms with Crippen LogP contribution in [-0.4, -0.2) is 47.2 Å². The molecule has 1 aromatic heterocycles. The predicted octanol–water partition coefficient (Wildman–Crippen LogP) is 3.17. The number of aromatic amines is 1. The van der Waals surface area contributed by atoms with Crippen molar-refractivity contribution < 1.29 is 4.79 Å². The highest BCUT2D eigenvalue weighted by Crippen LogP contribution is 2.36. The molecule has 26 heavy (non-hydrogen) atoms. The third-order valence-electron chi connectivity index (χ3n) is 6.06. The second-order valence-corrected chi connectivity index (χ2v) is 7.97. The Kier molecular flexibility index (Phi) is 4.81. The van der Waals surface area contributed by atoms with Crippen molar-refractivity contribution in [2.24, 2.45) is 5.41 Å². The van der Waals surface area contributed by atoms with Gasteiger partial charge in [0.1, 0.15) is 0 Å². The van der Waals surface area contributed by atoms with Crippen LogP contribution in [0.5, 0.6) is 0 Å². The van der Waals surface area contributed by atoms with Crippen molar-refractivity contribution in [1.82, 2.24) is 20.4 Å². The van der Waals surface area contributed by atoms with E-state index < -0.39 is 0 Å². The maximum atomic E-state index is 13.0. The topological polar surface area (TPSA) is 61.0 Å². The number of likely N-dealkylation sites (tertiary alicyclic amines) is 1. The molecule has 0 spiro atoms. The minimum Gasteiger partial charge on any atom is -0.342 e. The number of rotatable bonds is 3. The molecule has 1 aromatic carbocycles. The smallest absolute Gasteiger partial charge is 0.229 e. The van der Waals surface area contributed by atoms with Crippen LogP contribution < -0.4 is 5.32 Å². The molecule has 2 N–H and O–H groups in total. The van der Waals surface area contributed by atoms with Gasteiger partial charge in [0.2, 0.25) is 5.91 Å². The van der Waals surface area contributed by atoms with E-state index in [9.17, 15) is 4.79 Å². The highest BCUT2D eigenvalue weighted by molar-refractivity contribution is 5.83. The number of carbonyl (C=O) groups excluding carboxylic acids is 1. The van der Waals surface area contributed by atoms with E-state index in [0.29, 0.717) is 11.8 Å². The zero-order chi connectivity index (χ0) is 18.0. The molecule has 0 aliphatic carbocycles. The van der Waals surface area contributed by atoms with Gasteiger partial charge in [-0.1, -0.05) is 30.3 Å². The van der Waals surface area contributed by atoms with Gasteiger partial charge in [0, 0.05) is 36.8 Å². The number of nitrogens with zero attached hydrogens (tertiary/aromatic N) is 2. The van der Waals surface area contributed by atoms with Crippen LogP contribution in [0.3, 0.4) is 0 Å². The monoisotopic (exact) mass is 352 g/mol. The van der Waals surface area contributed by atoms with E-state index in [1.54, 1.807) is 0 Å². The molecule has 0 bridgehead atoms. The van der Waals surface area contributed by atoms with Crippen molar-refractivity contribution in [3.05, 3.63) is 42.2 Å². The first-order valence-electron chi connectivity index (χ1n) is 9.76. The molecule has 5 heteroatoms. The van der Waals surface area contributed by atoms with Gasteiger partial charge in [-0.05, 0) is 44.7 Å². The number of hydrogen-bond acceptors (Lipinski definition) is 3. The summed E-state index contributed by atoms with van der Waals surface area (Å²) in [5, 5.41) is 10.9. The first kappa shape index (κ1) is 17.3. The number of H-pyrrole nitrogens is 1. The van der Waals surface area contributed by atoms with Crippen molar-refractivity contribution >= 4 is 5.91 Å². The second kappa shape index (κ2) is 7.23. The second-order valence-electron chi connectivity index (χ2n) is 7.97. The Hall–Kier alpha value is -2.14. The summed E-state index contributed by atoms with van der Waals surface area (Å²) in [6.45, 7) is 5.64. The van der Waals surface area contributed by atoms with E-state index in [-0.39, 0.29) is 5.41 Å². The van der Waals surface area contributed by atoms with Crippen LogP contribution in [-0.2, 0) is 4.79 Å². The average Bonchev–Trinajstić information content (AvgIpc) is 3.19. The highest BCUT2D eigenvalue weighted by Gasteiger charge is 2.39. The first-order valence-corrected chi connectivity index (χ1v) is 9.76. The highest BCUT2D eigenvalue weighted by atomic mass is 16.2. The Morgan fingerprint density at radius 3 is 2.69 bits per heavy atom. The largest absolute Gasteiger partial charge is 0.342 e. The molecule has 2 saturated heterocycles. The average molecular weight is 352 g/mol. The molecule has 4 rings (SSSR count). The summed E-state index contributed by atoms with van der Waals surface area (Å²) in [4.78, 5) is 15.1. The van der Waals surface area contributed by atoms with Crippen LogP contribution in [0.1, 0.15) is 44.2 Å². The molecule has 0 unspecified atom stereocenters. The SMILES string of the molecule is C[C@]1(C(=O)N2CCC(c3[nH]ncc3-c3ccccc3)CC2)CCCNC1. The van der Waals surface area contributed by atoms with Gasteiger partial charge >= 0.3 is 0 Å². The maximum absolute atomic E-state index is 13.0. The molecule has 5 nitrogen and oxygen atoms in total. The predicted molar refractivity (Wildman–Crippen MR) is 103 cm³/mol. The molecule has 2 aromatic rings. The number of benzene rings is 1. The van der Waals surface area contributed by atoms with Gasteiger partial charge in [0.15, 0.2) is 0 Å². The molecule has 0 radical (unpaired) electrons. The van der Waals surface area contributed by atoms with Crippen molar-refractivity contribution in [2.75, 3.05) is 26.2 Å². The fourth-order valence-corrected chi connectivity index (χ4v) is 4.45. The van der Waals surface area contributed by atoms with E-state index in [1.807, 2.05) is 12.3 Å². The fraction of sp³-hybridized carbons (Fsp3) is 0.524. The van der Waals surface area contributed by atoms with Crippen molar-refractivity contribution in [1.29, 1.82) is 0 Å². The number of hydrogen-bond donors (Lipinski definition) is 2. The van der Waals surface area contributed by atoms with Crippen LogP contribution in [0, 0.1) is 5.41 Å². The standard InChI is InChI=1S/C21H28N4O/c1-21(10-5-11-22-15-21)20(26)25-12-8-17(9-13-25)19-18(14-23-24-19)16-6-3-2-4-7-16/h2-4,6-7,14,17,22H,5,8-13,15H2,1H3,(H,23,24)/t21-/m0/s1. The molecular formula is C21H28N4O. The van der Waals surface area contributed by atoms with E-state index in [4.69, 9.17) is 0 Å². The summed E-state index contributed by atoms with van der Waals surface area (Å²) >= 11 is 0. The summed E-state index contributed by atoms with van der Waals surface area (Å²) in [5.41, 5.74) is 3.39. The number of nitrogens with one attached hydrogen (secondary N) is 2. The number of piperidine rings is 2. The first-order chi connectivity index (χ1) is 12.7. The summed E-state index contributed by atoms with van der Waals surface area (Å²) in [6.07, 6.45) is 6.01. The summed E-state index contributed by atoms with van der Waals surface area (Å²) in [6, 6.07) is 10.4. The van der Waals surface area contributed by atoms with Gasteiger partial charge in [-0.15, -0.1) is 0 Å². The van der Waals surface area contributed by atoms with E-state index in [1.165, 1.54) is 16.8 Å². The van der Waals surface area contributed by atoms with Crippen LogP contribution >= 0.6 is 0 Å². The van der Waals surface area contributed by atoms with Crippen LogP contribution in [0.2, 0.25) is 0 Å². The third kappa shape index (κ3) is 3.28. The van der Waals surface area contributed by atoms with Gasteiger partial charge < -0.3 is 10.2 Å². The Morgan fingerprint density at radius 1 is 1.23 bits per heavy atom. The molecule has 1 amide bonds. The zero-order valence-corrected chi connectivity index (χ0v) is 15.5. The van der Waals surface area contributed by atoms with Crippen molar-refractivity contribution in [3.63, 3.8) is 0 Å². The molecule has 2 aliphatic heterocycles. The van der Waals surface area contributed by atoms with Crippen molar-refractivity contribution in [3.8, 4) is 11.1 Å². The molecule has 0 saturated carbocycles. The molecule has 2 fully saturated rings. The maximum Gasteiger partial charge on any atom is 0.229 e. The Labute approximate surface area is 155 Å². The number of aromatic nitrogens is 2. The lowest BCUT2D eigenvalue weighted by molar-refractivity contribution is -0.143. The number of carbonyl (C=O) groups is 1. The molecule has 138 valence electrons. The van der Waals surface area contributed by atoms with E-state index in [2.05, 4.69) is 51.6 Å². The summed E-state index contributed by atoms with van der Waals surface area (Å²) < 4.78 is 0. The lowest BCUT2D eigenvalue weighted by atomic mass is 9.80. The quantitative estimate of drug-likeness (QED) is 0.892. The molecular weight excluding hydrogens is 324 g/mol. The lowest BCUT2D eigenvalue weighted by Gasteiger charge is -2.40. The van der Waals surface area contributed by atoms with E-state index >= 15 is 0 Å². The lowest BCUT2D eigenvalue weighted by Crippen LogP contribution is -2.52. The third-order valence-corrected chi connectivity index (χ3v) is 6.06. The minimum absolute atomic E-state index is 0.228. The Bertz CT molecular complexity index is 740. The Balaban J connectivity index is 1.43. The minimum atomic E-state index is -0.228. The van der Waals surface area contributed by atoms with Gasteiger partial charge in [-0.2, -0.15) is 5.10 Å². The molecule has 2 aliphatic rings. The van der Waals surface area contributed by atoms with Crippen LogP contribution in [0.25, 0.3) is 11.1 Å². The molecule has 3 heterocycles. The van der Waals surface area contributed by atoms with Gasteiger partial charge in [-0.3, -0.25) is 9.89 Å². The van der Waals surface area contributed by atoms with Gasteiger partial charge in [0.05, 0.1) is 11.6 Å². The zero-order valence-electron chi connectivity index (χ0n) is 15.5. The number of amides is 1. The summed E-state index contributed by atoms with van der Waals surface area (Å²) in [5.74, 6) is 0.769. The summed E-state index contributed by atoms with van der Waals surface area (Å²) in [7, 11) is 0. The van der Waals surface area contributed by atoms with E-state index in [0.717, 1.165) is 51.9 Å². The fourth-order valence-electron chi connectivity index (χ4n) is 4.45.